The van der Waals surface area contributed by atoms with Crippen molar-refractivity contribution in [2.75, 3.05) is 19.6 Å². The SMILES string of the molecule is CC(C)(C)N1CC(NC(=O)N2CCCC(C(=O)O)C2)CC1=O. The summed E-state index contributed by atoms with van der Waals surface area (Å²) in [6.45, 7) is 7.22. The van der Waals surface area contributed by atoms with E-state index in [4.69, 9.17) is 5.11 Å². The third kappa shape index (κ3) is 3.69. The number of carboxylic acid groups (broad SMARTS) is 1. The summed E-state index contributed by atoms with van der Waals surface area (Å²) >= 11 is 0. The van der Waals surface area contributed by atoms with Crippen molar-refractivity contribution >= 4 is 17.9 Å². The molecule has 3 amide bonds. The molecule has 0 aromatic rings. The number of nitrogens with zero attached hydrogens (tertiary/aromatic N) is 2. The first-order chi connectivity index (χ1) is 10.2. The molecule has 7 heteroatoms. The molecule has 2 N–H and O–H groups in total. The number of carbonyl (C=O) groups is 3. The van der Waals surface area contributed by atoms with Crippen LogP contribution in [-0.2, 0) is 9.59 Å². The summed E-state index contributed by atoms with van der Waals surface area (Å²) in [5, 5.41) is 11.9. The van der Waals surface area contributed by atoms with Gasteiger partial charge in [0.2, 0.25) is 5.91 Å². The van der Waals surface area contributed by atoms with Crippen molar-refractivity contribution in [2.24, 2.45) is 5.92 Å². The lowest BCUT2D eigenvalue weighted by molar-refractivity contribution is -0.143. The van der Waals surface area contributed by atoms with Gasteiger partial charge in [-0.3, -0.25) is 9.59 Å². The molecule has 0 bridgehead atoms. The lowest BCUT2D eigenvalue weighted by Crippen LogP contribution is -2.51. The molecule has 7 nitrogen and oxygen atoms in total. The zero-order chi connectivity index (χ0) is 16.5. The van der Waals surface area contributed by atoms with Crippen molar-refractivity contribution in [2.45, 2.75) is 51.6 Å². The highest BCUT2D eigenvalue weighted by Gasteiger charge is 2.38. The summed E-state index contributed by atoms with van der Waals surface area (Å²) in [6, 6.07) is -0.469. The number of piperidine rings is 1. The first kappa shape index (κ1) is 16.6. The third-order valence-corrected chi connectivity index (χ3v) is 4.32. The summed E-state index contributed by atoms with van der Waals surface area (Å²) in [5.74, 6) is -1.30. The van der Waals surface area contributed by atoms with E-state index in [1.165, 1.54) is 0 Å². The second-order valence-corrected chi connectivity index (χ2v) is 7.15. The Kier molecular flexibility index (Phi) is 4.63. The zero-order valence-electron chi connectivity index (χ0n) is 13.5. The van der Waals surface area contributed by atoms with Gasteiger partial charge in [-0.1, -0.05) is 0 Å². The van der Waals surface area contributed by atoms with Crippen LogP contribution in [0, 0.1) is 5.92 Å². The number of likely N-dealkylation sites (tertiary alicyclic amines) is 2. The minimum absolute atomic E-state index is 0.0415. The monoisotopic (exact) mass is 311 g/mol. The number of rotatable bonds is 2. The van der Waals surface area contributed by atoms with E-state index in [2.05, 4.69) is 5.32 Å². The summed E-state index contributed by atoms with van der Waals surface area (Å²) in [6.07, 6.45) is 1.61. The standard InChI is InChI=1S/C15H25N3O4/c1-15(2,3)18-9-11(7-12(18)19)16-14(22)17-6-4-5-10(8-17)13(20)21/h10-11H,4-9H2,1-3H3,(H,16,22)(H,20,21). The molecule has 2 aliphatic rings. The van der Waals surface area contributed by atoms with Crippen LogP contribution in [0.5, 0.6) is 0 Å². The summed E-state index contributed by atoms with van der Waals surface area (Å²) < 4.78 is 0. The number of amides is 3. The molecule has 2 aliphatic heterocycles. The zero-order valence-corrected chi connectivity index (χ0v) is 13.5. The van der Waals surface area contributed by atoms with Crippen molar-refractivity contribution in [3.05, 3.63) is 0 Å². The molecule has 0 aromatic heterocycles. The van der Waals surface area contributed by atoms with Gasteiger partial charge in [0.1, 0.15) is 0 Å². The molecule has 0 aromatic carbocycles. The van der Waals surface area contributed by atoms with Gasteiger partial charge in [0, 0.05) is 31.6 Å². The number of aliphatic carboxylic acids is 1. The van der Waals surface area contributed by atoms with Crippen LogP contribution in [0.2, 0.25) is 0 Å². The molecular formula is C15H25N3O4. The maximum atomic E-state index is 12.3. The molecule has 2 rings (SSSR count). The van der Waals surface area contributed by atoms with Crippen LogP contribution in [0.4, 0.5) is 4.79 Å². The van der Waals surface area contributed by atoms with Crippen LogP contribution in [-0.4, -0.2) is 64.0 Å². The maximum absolute atomic E-state index is 12.3. The molecule has 2 fully saturated rings. The van der Waals surface area contributed by atoms with Crippen molar-refractivity contribution in [3.8, 4) is 0 Å². The Morgan fingerprint density at radius 1 is 1.27 bits per heavy atom. The van der Waals surface area contributed by atoms with Gasteiger partial charge >= 0.3 is 12.0 Å². The number of nitrogens with one attached hydrogen (secondary N) is 1. The van der Waals surface area contributed by atoms with Gasteiger partial charge < -0.3 is 20.2 Å². The van der Waals surface area contributed by atoms with Crippen molar-refractivity contribution < 1.29 is 19.5 Å². The third-order valence-electron chi connectivity index (χ3n) is 4.32. The van der Waals surface area contributed by atoms with Gasteiger partial charge in [-0.05, 0) is 33.6 Å². The van der Waals surface area contributed by atoms with Crippen LogP contribution in [0.1, 0.15) is 40.0 Å². The largest absolute Gasteiger partial charge is 0.481 e. The van der Waals surface area contributed by atoms with Gasteiger partial charge in [-0.2, -0.15) is 0 Å². The van der Waals surface area contributed by atoms with Gasteiger partial charge in [0.05, 0.1) is 12.0 Å². The molecule has 0 saturated carbocycles. The molecule has 124 valence electrons. The lowest BCUT2D eigenvalue weighted by atomic mass is 9.99. The highest BCUT2D eigenvalue weighted by molar-refractivity contribution is 5.82. The number of urea groups is 1. The maximum Gasteiger partial charge on any atom is 0.317 e. The lowest BCUT2D eigenvalue weighted by Gasteiger charge is -2.33. The molecule has 2 heterocycles. The average Bonchev–Trinajstić information content (AvgIpc) is 2.79. The number of carbonyl (C=O) groups excluding carboxylic acids is 2. The van der Waals surface area contributed by atoms with E-state index in [1.54, 1.807) is 9.80 Å². The van der Waals surface area contributed by atoms with Crippen molar-refractivity contribution in [3.63, 3.8) is 0 Å². The summed E-state index contributed by atoms with van der Waals surface area (Å²) in [5.41, 5.74) is -0.254. The predicted molar refractivity (Wildman–Crippen MR) is 80.3 cm³/mol. The fourth-order valence-corrected chi connectivity index (χ4v) is 3.08. The van der Waals surface area contributed by atoms with E-state index in [9.17, 15) is 14.4 Å². The minimum Gasteiger partial charge on any atom is -0.481 e. The van der Waals surface area contributed by atoms with Gasteiger partial charge in [0.15, 0.2) is 0 Å². The molecule has 2 unspecified atom stereocenters. The Bertz CT molecular complexity index is 472. The Morgan fingerprint density at radius 3 is 2.50 bits per heavy atom. The second kappa shape index (κ2) is 6.14. The first-order valence-corrected chi connectivity index (χ1v) is 7.77. The summed E-state index contributed by atoms with van der Waals surface area (Å²) in [7, 11) is 0. The first-order valence-electron chi connectivity index (χ1n) is 7.77. The number of carboxylic acids is 1. The van der Waals surface area contributed by atoms with E-state index in [0.717, 1.165) is 0 Å². The average molecular weight is 311 g/mol. The Hall–Kier alpha value is -1.79. The van der Waals surface area contributed by atoms with Crippen LogP contribution in [0.15, 0.2) is 0 Å². The normalized spacial score (nSPS) is 26.2. The Morgan fingerprint density at radius 2 is 1.95 bits per heavy atom. The van der Waals surface area contributed by atoms with E-state index >= 15 is 0 Å². The van der Waals surface area contributed by atoms with Gasteiger partial charge in [0.25, 0.3) is 0 Å². The quantitative estimate of drug-likeness (QED) is 0.792. The molecule has 22 heavy (non-hydrogen) atoms. The van der Waals surface area contributed by atoms with Crippen molar-refractivity contribution in [1.82, 2.24) is 15.1 Å². The van der Waals surface area contributed by atoms with Crippen LogP contribution in [0.3, 0.4) is 0 Å². The Balaban J connectivity index is 1.90. The molecular weight excluding hydrogens is 286 g/mol. The highest BCUT2D eigenvalue weighted by Crippen LogP contribution is 2.22. The fraction of sp³-hybridized carbons (Fsp3) is 0.800. The van der Waals surface area contributed by atoms with Gasteiger partial charge in [-0.15, -0.1) is 0 Å². The second-order valence-electron chi connectivity index (χ2n) is 7.15. The molecule has 0 spiro atoms. The molecule has 0 radical (unpaired) electrons. The van der Waals surface area contributed by atoms with Crippen LogP contribution in [0.25, 0.3) is 0 Å². The van der Waals surface area contributed by atoms with E-state index in [-0.39, 0.29) is 30.1 Å². The van der Waals surface area contributed by atoms with E-state index < -0.39 is 11.9 Å². The molecule has 2 saturated heterocycles. The number of hydrogen-bond acceptors (Lipinski definition) is 3. The van der Waals surface area contributed by atoms with E-state index in [0.29, 0.717) is 32.4 Å². The topological polar surface area (TPSA) is 90.0 Å². The summed E-state index contributed by atoms with van der Waals surface area (Å²) in [4.78, 5) is 38.7. The van der Waals surface area contributed by atoms with E-state index in [1.807, 2.05) is 20.8 Å². The predicted octanol–water partition coefficient (Wildman–Crippen LogP) is 0.892. The Labute approximate surface area is 130 Å². The highest BCUT2D eigenvalue weighted by atomic mass is 16.4. The van der Waals surface area contributed by atoms with Crippen molar-refractivity contribution in [1.29, 1.82) is 0 Å². The fourth-order valence-electron chi connectivity index (χ4n) is 3.08. The van der Waals surface area contributed by atoms with Gasteiger partial charge in [-0.25, -0.2) is 4.79 Å². The molecule has 2 atom stereocenters. The smallest absolute Gasteiger partial charge is 0.317 e. The van der Waals surface area contributed by atoms with Crippen LogP contribution < -0.4 is 5.32 Å². The minimum atomic E-state index is -0.854. The van der Waals surface area contributed by atoms with Crippen LogP contribution >= 0.6 is 0 Å². The number of hydrogen-bond donors (Lipinski definition) is 2. The molecule has 0 aliphatic carbocycles.